The van der Waals surface area contributed by atoms with Crippen molar-refractivity contribution in [3.05, 3.63) is 30.6 Å². The number of carbonyl (C=O) groups is 1. The van der Waals surface area contributed by atoms with Gasteiger partial charge in [-0.2, -0.15) is 0 Å². The molecule has 1 saturated heterocycles. The van der Waals surface area contributed by atoms with Gasteiger partial charge in [-0.25, -0.2) is 0 Å². The van der Waals surface area contributed by atoms with E-state index >= 15 is 0 Å². The highest BCUT2D eigenvalue weighted by Gasteiger charge is 2.21. The Hall–Kier alpha value is -2.01. The number of nitrogens with zero attached hydrogens (tertiary/aromatic N) is 2. The number of amides is 1. The highest BCUT2D eigenvalue weighted by atomic mass is 16.2. The van der Waals surface area contributed by atoms with E-state index in [2.05, 4.69) is 20.6 Å². The van der Waals surface area contributed by atoms with Crippen LogP contribution in [0, 0.1) is 0 Å². The van der Waals surface area contributed by atoms with E-state index in [9.17, 15) is 4.79 Å². The standard InChI is InChI=1S/C13H14N4O/c18-13(11-2-1-5-14-11)17-9-3-4-10-12(8-9)16-7-6-15-10/h3-4,6-8,11,14H,1-2,5H2,(H,17,18)/t11-/m1/s1. The second kappa shape index (κ2) is 4.70. The predicted molar refractivity (Wildman–Crippen MR) is 69.2 cm³/mol. The highest BCUT2D eigenvalue weighted by molar-refractivity contribution is 5.96. The molecule has 1 atom stereocenters. The monoisotopic (exact) mass is 242 g/mol. The molecule has 0 bridgehead atoms. The van der Waals surface area contributed by atoms with E-state index in [0.29, 0.717) is 0 Å². The van der Waals surface area contributed by atoms with Crippen molar-refractivity contribution in [2.45, 2.75) is 18.9 Å². The van der Waals surface area contributed by atoms with Gasteiger partial charge in [0, 0.05) is 18.1 Å². The lowest BCUT2D eigenvalue weighted by molar-refractivity contribution is -0.117. The predicted octanol–water partition coefficient (Wildman–Crippen LogP) is 1.32. The fraction of sp³-hybridized carbons (Fsp3) is 0.308. The molecule has 0 unspecified atom stereocenters. The van der Waals surface area contributed by atoms with E-state index in [4.69, 9.17) is 0 Å². The number of fused-ring (bicyclic) bond motifs is 1. The second-order valence-corrected chi connectivity index (χ2v) is 4.40. The molecule has 2 aromatic rings. The van der Waals surface area contributed by atoms with E-state index < -0.39 is 0 Å². The van der Waals surface area contributed by atoms with Gasteiger partial charge < -0.3 is 10.6 Å². The number of carbonyl (C=O) groups excluding carboxylic acids is 1. The van der Waals surface area contributed by atoms with Gasteiger partial charge in [-0.3, -0.25) is 14.8 Å². The average Bonchev–Trinajstić information content (AvgIpc) is 2.92. The maximum Gasteiger partial charge on any atom is 0.241 e. The Kier molecular flexibility index (Phi) is 2.90. The Morgan fingerprint density at radius 1 is 1.28 bits per heavy atom. The molecule has 3 rings (SSSR count). The Bertz CT molecular complexity index is 578. The SMILES string of the molecule is O=C(Nc1ccc2nccnc2c1)[C@H]1CCCN1. The fourth-order valence-corrected chi connectivity index (χ4v) is 2.18. The summed E-state index contributed by atoms with van der Waals surface area (Å²) in [7, 11) is 0. The van der Waals surface area contributed by atoms with Gasteiger partial charge in [-0.1, -0.05) is 0 Å². The lowest BCUT2D eigenvalue weighted by Crippen LogP contribution is -2.35. The van der Waals surface area contributed by atoms with E-state index in [1.54, 1.807) is 12.4 Å². The molecule has 92 valence electrons. The lowest BCUT2D eigenvalue weighted by atomic mass is 10.2. The second-order valence-electron chi connectivity index (χ2n) is 4.40. The third-order valence-corrected chi connectivity index (χ3v) is 3.11. The van der Waals surface area contributed by atoms with Gasteiger partial charge in [0.2, 0.25) is 5.91 Å². The van der Waals surface area contributed by atoms with Crippen LogP contribution < -0.4 is 10.6 Å². The number of hydrogen-bond donors (Lipinski definition) is 2. The van der Waals surface area contributed by atoms with Crippen molar-refractivity contribution in [1.29, 1.82) is 0 Å². The lowest BCUT2D eigenvalue weighted by Gasteiger charge is -2.11. The zero-order valence-corrected chi connectivity index (χ0v) is 9.89. The summed E-state index contributed by atoms with van der Waals surface area (Å²) in [5, 5.41) is 6.08. The molecule has 1 aliphatic rings. The van der Waals surface area contributed by atoms with Crippen molar-refractivity contribution in [3.8, 4) is 0 Å². The van der Waals surface area contributed by atoms with E-state index in [1.165, 1.54) is 0 Å². The van der Waals surface area contributed by atoms with Crippen molar-refractivity contribution >= 4 is 22.6 Å². The van der Waals surface area contributed by atoms with Gasteiger partial charge in [0.1, 0.15) is 0 Å². The Labute approximate surface area is 105 Å². The van der Waals surface area contributed by atoms with Crippen molar-refractivity contribution in [3.63, 3.8) is 0 Å². The average molecular weight is 242 g/mol. The molecular weight excluding hydrogens is 228 g/mol. The van der Waals surface area contributed by atoms with Crippen molar-refractivity contribution in [2.24, 2.45) is 0 Å². The van der Waals surface area contributed by atoms with Crippen LogP contribution in [0.1, 0.15) is 12.8 Å². The third kappa shape index (κ3) is 2.17. The molecule has 5 heteroatoms. The van der Waals surface area contributed by atoms with Crippen LogP contribution in [0.25, 0.3) is 11.0 Å². The number of aromatic nitrogens is 2. The van der Waals surface area contributed by atoms with Crippen LogP contribution in [0.4, 0.5) is 5.69 Å². The van der Waals surface area contributed by atoms with Gasteiger partial charge >= 0.3 is 0 Å². The molecule has 0 saturated carbocycles. The Morgan fingerprint density at radius 2 is 2.11 bits per heavy atom. The molecule has 2 N–H and O–H groups in total. The van der Waals surface area contributed by atoms with Gasteiger partial charge in [-0.15, -0.1) is 0 Å². The summed E-state index contributed by atoms with van der Waals surface area (Å²) in [6, 6.07) is 5.49. The molecule has 1 aromatic carbocycles. The zero-order chi connectivity index (χ0) is 12.4. The van der Waals surface area contributed by atoms with Gasteiger partial charge in [-0.05, 0) is 37.6 Å². The zero-order valence-electron chi connectivity index (χ0n) is 9.89. The Balaban J connectivity index is 1.79. The van der Waals surface area contributed by atoms with Crippen LogP contribution >= 0.6 is 0 Å². The fourth-order valence-electron chi connectivity index (χ4n) is 2.18. The summed E-state index contributed by atoms with van der Waals surface area (Å²) >= 11 is 0. The minimum Gasteiger partial charge on any atom is -0.325 e. The van der Waals surface area contributed by atoms with Crippen LogP contribution in [0.3, 0.4) is 0 Å². The number of nitrogens with one attached hydrogen (secondary N) is 2. The summed E-state index contributed by atoms with van der Waals surface area (Å²) in [5.41, 5.74) is 2.38. The van der Waals surface area contributed by atoms with Crippen LogP contribution in [-0.2, 0) is 4.79 Å². The van der Waals surface area contributed by atoms with Crippen LogP contribution in [-0.4, -0.2) is 28.5 Å². The molecule has 0 radical (unpaired) electrons. The molecule has 18 heavy (non-hydrogen) atoms. The topological polar surface area (TPSA) is 66.9 Å². The van der Waals surface area contributed by atoms with E-state index in [-0.39, 0.29) is 11.9 Å². The molecule has 0 spiro atoms. The van der Waals surface area contributed by atoms with Crippen molar-refractivity contribution in [1.82, 2.24) is 15.3 Å². The van der Waals surface area contributed by atoms with E-state index in [1.807, 2.05) is 18.2 Å². The first kappa shape index (κ1) is 11.1. The summed E-state index contributed by atoms with van der Waals surface area (Å²) in [4.78, 5) is 20.3. The number of hydrogen-bond acceptors (Lipinski definition) is 4. The molecule has 2 heterocycles. The normalized spacial score (nSPS) is 19.0. The summed E-state index contributed by atoms with van der Waals surface area (Å²) in [6.45, 7) is 0.918. The largest absolute Gasteiger partial charge is 0.325 e. The van der Waals surface area contributed by atoms with E-state index in [0.717, 1.165) is 36.1 Å². The molecule has 1 fully saturated rings. The minimum absolute atomic E-state index is 0.0238. The summed E-state index contributed by atoms with van der Waals surface area (Å²) < 4.78 is 0. The molecule has 5 nitrogen and oxygen atoms in total. The first-order valence-electron chi connectivity index (χ1n) is 6.08. The van der Waals surface area contributed by atoms with Crippen LogP contribution in [0.2, 0.25) is 0 Å². The number of rotatable bonds is 2. The quantitative estimate of drug-likeness (QED) is 0.833. The maximum absolute atomic E-state index is 11.9. The Morgan fingerprint density at radius 3 is 2.89 bits per heavy atom. The molecule has 0 aliphatic carbocycles. The molecular formula is C13H14N4O. The van der Waals surface area contributed by atoms with Gasteiger partial charge in [0.25, 0.3) is 0 Å². The van der Waals surface area contributed by atoms with Gasteiger partial charge in [0.15, 0.2) is 0 Å². The number of benzene rings is 1. The highest BCUT2D eigenvalue weighted by Crippen LogP contribution is 2.16. The minimum atomic E-state index is -0.0671. The van der Waals surface area contributed by atoms with Crippen LogP contribution in [0.15, 0.2) is 30.6 Å². The first-order valence-corrected chi connectivity index (χ1v) is 6.08. The van der Waals surface area contributed by atoms with Crippen molar-refractivity contribution < 1.29 is 4.79 Å². The van der Waals surface area contributed by atoms with Gasteiger partial charge in [0.05, 0.1) is 17.1 Å². The molecule has 1 aliphatic heterocycles. The smallest absolute Gasteiger partial charge is 0.241 e. The molecule has 1 aromatic heterocycles. The van der Waals surface area contributed by atoms with Crippen molar-refractivity contribution in [2.75, 3.05) is 11.9 Å². The third-order valence-electron chi connectivity index (χ3n) is 3.11. The van der Waals surface area contributed by atoms with Crippen LogP contribution in [0.5, 0.6) is 0 Å². The number of anilines is 1. The first-order chi connectivity index (χ1) is 8.83. The summed E-state index contributed by atoms with van der Waals surface area (Å²) in [6.07, 6.45) is 5.26. The summed E-state index contributed by atoms with van der Waals surface area (Å²) in [5.74, 6) is 0.0238. The molecule has 1 amide bonds. The maximum atomic E-state index is 11.9.